The van der Waals surface area contributed by atoms with Crippen LogP contribution in [0.5, 0.6) is 0 Å². The SMILES string of the molecule is C=CCNC(=O)CSCc1cccc(C(=O)OC)c1. The van der Waals surface area contributed by atoms with Crippen molar-refractivity contribution in [2.45, 2.75) is 5.75 Å². The van der Waals surface area contributed by atoms with Crippen LogP contribution in [-0.4, -0.2) is 31.3 Å². The van der Waals surface area contributed by atoms with Gasteiger partial charge in [0.05, 0.1) is 18.4 Å². The van der Waals surface area contributed by atoms with Gasteiger partial charge in [0.1, 0.15) is 0 Å². The molecule has 5 heteroatoms. The Balaban J connectivity index is 2.43. The molecule has 0 fully saturated rings. The van der Waals surface area contributed by atoms with Crippen molar-refractivity contribution in [1.82, 2.24) is 5.32 Å². The monoisotopic (exact) mass is 279 g/mol. The molecule has 1 aromatic carbocycles. The van der Waals surface area contributed by atoms with Crippen LogP contribution >= 0.6 is 11.8 Å². The van der Waals surface area contributed by atoms with E-state index in [1.165, 1.54) is 18.9 Å². The highest BCUT2D eigenvalue weighted by atomic mass is 32.2. The van der Waals surface area contributed by atoms with Crippen LogP contribution in [0.15, 0.2) is 36.9 Å². The first-order valence-electron chi connectivity index (χ1n) is 5.80. The molecule has 0 bridgehead atoms. The minimum absolute atomic E-state index is 0.0194. The number of nitrogens with one attached hydrogen (secondary N) is 1. The number of rotatable bonds is 7. The van der Waals surface area contributed by atoms with Crippen LogP contribution in [0.1, 0.15) is 15.9 Å². The summed E-state index contributed by atoms with van der Waals surface area (Å²) in [6.45, 7) is 4.01. The molecule has 0 aromatic heterocycles. The summed E-state index contributed by atoms with van der Waals surface area (Å²) in [5.41, 5.74) is 1.51. The molecular weight excluding hydrogens is 262 g/mol. The van der Waals surface area contributed by atoms with Crippen molar-refractivity contribution in [2.24, 2.45) is 0 Å². The van der Waals surface area contributed by atoms with Gasteiger partial charge in [-0.05, 0) is 17.7 Å². The number of carbonyl (C=O) groups is 2. The molecule has 0 atom stereocenters. The van der Waals surface area contributed by atoms with Gasteiger partial charge in [-0.2, -0.15) is 0 Å². The van der Waals surface area contributed by atoms with E-state index in [-0.39, 0.29) is 11.9 Å². The highest BCUT2D eigenvalue weighted by molar-refractivity contribution is 7.99. The topological polar surface area (TPSA) is 55.4 Å². The standard InChI is InChI=1S/C14H17NO3S/c1-3-7-15-13(16)10-19-9-11-5-4-6-12(8-11)14(17)18-2/h3-6,8H,1,7,9-10H2,2H3,(H,15,16). The van der Waals surface area contributed by atoms with E-state index in [9.17, 15) is 9.59 Å². The zero-order valence-corrected chi connectivity index (χ0v) is 11.7. The van der Waals surface area contributed by atoms with Crippen molar-refractivity contribution in [3.63, 3.8) is 0 Å². The van der Waals surface area contributed by atoms with Crippen molar-refractivity contribution in [3.8, 4) is 0 Å². The third-order valence-electron chi connectivity index (χ3n) is 2.29. The van der Waals surface area contributed by atoms with Crippen LogP contribution in [0.4, 0.5) is 0 Å². The van der Waals surface area contributed by atoms with Crippen molar-refractivity contribution in [1.29, 1.82) is 0 Å². The van der Waals surface area contributed by atoms with E-state index < -0.39 is 0 Å². The number of benzene rings is 1. The number of ether oxygens (including phenoxy) is 1. The van der Waals surface area contributed by atoms with Crippen LogP contribution in [0.25, 0.3) is 0 Å². The summed E-state index contributed by atoms with van der Waals surface area (Å²) in [6.07, 6.45) is 1.64. The Morgan fingerprint density at radius 3 is 2.95 bits per heavy atom. The number of amides is 1. The van der Waals surface area contributed by atoms with Gasteiger partial charge in [0.25, 0.3) is 0 Å². The fourth-order valence-corrected chi connectivity index (χ4v) is 2.21. The summed E-state index contributed by atoms with van der Waals surface area (Å²) in [4.78, 5) is 22.7. The largest absolute Gasteiger partial charge is 0.465 e. The van der Waals surface area contributed by atoms with Crippen LogP contribution in [0.2, 0.25) is 0 Å². The molecule has 0 radical (unpaired) electrons. The van der Waals surface area contributed by atoms with Gasteiger partial charge < -0.3 is 10.1 Å². The Morgan fingerprint density at radius 1 is 1.47 bits per heavy atom. The predicted octanol–water partition coefficient (Wildman–Crippen LogP) is 2.01. The van der Waals surface area contributed by atoms with Gasteiger partial charge in [-0.25, -0.2) is 4.79 Å². The minimum atomic E-state index is -0.351. The second kappa shape index (κ2) is 8.37. The number of thioether (sulfide) groups is 1. The van der Waals surface area contributed by atoms with E-state index in [1.807, 2.05) is 6.07 Å². The van der Waals surface area contributed by atoms with Crippen LogP contribution in [0.3, 0.4) is 0 Å². The molecule has 0 spiro atoms. The molecule has 0 saturated carbocycles. The van der Waals surface area contributed by atoms with Crippen LogP contribution in [0, 0.1) is 0 Å². The molecular formula is C14H17NO3S. The molecule has 4 nitrogen and oxygen atoms in total. The first-order chi connectivity index (χ1) is 9.17. The summed E-state index contributed by atoms with van der Waals surface area (Å²) in [5.74, 6) is 0.687. The Hall–Kier alpha value is -1.75. The number of hydrogen-bond donors (Lipinski definition) is 1. The first kappa shape index (κ1) is 15.3. The molecule has 0 aliphatic rings. The molecule has 0 saturated heterocycles. The third-order valence-corrected chi connectivity index (χ3v) is 3.30. The lowest BCUT2D eigenvalue weighted by Gasteiger charge is -2.04. The highest BCUT2D eigenvalue weighted by Gasteiger charge is 2.06. The molecule has 1 rings (SSSR count). The summed E-state index contributed by atoms with van der Waals surface area (Å²) >= 11 is 1.49. The molecule has 1 aromatic rings. The summed E-state index contributed by atoms with van der Waals surface area (Å²) in [7, 11) is 1.35. The van der Waals surface area contributed by atoms with E-state index in [0.29, 0.717) is 23.6 Å². The molecule has 1 N–H and O–H groups in total. The molecule has 19 heavy (non-hydrogen) atoms. The number of methoxy groups -OCH3 is 1. The lowest BCUT2D eigenvalue weighted by Crippen LogP contribution is -2.24. The number of hydrogen-bond acceptors (Lipinski definition) is 4. The van der Waals surface area contributed by atoms with Gasteiger partial charge in [0.15, 0.2) is 0 Å². The quantitative estimate of drug-likeness (QED) is 0.613. The summed E-state index contributed by atoms with van der Waals surface area (Å²) in [5, 5.41) is 2.71. The highest BCUT2D eigenvalue weighted by Crippen LogP contribution is 2.14. The number of carbonyl (C=O) groups excluding carboxylic acids is 2. The zero-order valence-electron chi connectivity index (χ0n) is 10.8. The van der Waals surface area contributed by atoms with Crippen molar-refractivity contribution >= 4 is 23.6 Å². The Bertz CT molecular complexity index is 460. The van der Waals surface area contributed by atoms with E-state index in [0.717, 1.165) is 5.56 Å². The Labute approximate surface area is 117 Å². The predicted molar refractivity (Wildman–Crippen MR) is 77.2 cm³/mol. The third kappa shape index (κ3) is 5.61. The Morgan fingerprint density at radius 2 is 2.26 bits per heavy atom. The van der Waals surface area contributed by atoms with Gasteiger partial charge in [0, 0.05) is 12.3 Å². The van der Waals surface area contributed by atoms with E-state index in [4.69, 9.17) is 0 Å². The summed E-state index contributed by atoms with van der Waals surface area (Å²) in [6, 6.07) is 7.21. The van der Waals surface area contributed by atoms with Crippen LogP contribution in [-0.2, 0) is 15.3 Å². The maximum absolute atomic E-state index is 11.4. The van der Waals surface area contributed by atoms with E-state index in [2.05, 4.69) is 16.6 Å². The smallest absolute Gasteiger partial charge is 0.337 e. The fraction of sp³-hybridized carbons (Fsp3) is 0.286. The normalized spacial score (nSPS) is 9.74. The average Bonchev–Trinajstić information content (AvgIpc) is 2.44. The fourth-order valence-electron chi connectivity index (χ4n) is 1.40. The molecule has 0 unspecified atom stereocenters. The van der Waals surface area contributed by atoms with Gasteiger partial charge in [-0.1, -0.05) is 18.2 Å². The zero-order chi connectivity index (χ0) is 14.1. The lowest BCUT2D eigenvalue weighted by atomic mass is 10.1. The van der Waals surface area contributed by atoms with Gasteiger partial charge >= 0.3 is 5.97 Å². The second-order valence-electron chi connectivity index (χ2n) is 3.78. The average molecular weight is 279 g/mol. The first-order valence-corrected chi connectivity index (χ1v) is 6.95. The Kier molecular flexibility index (Phi) is 6.74. The summed E-state index contributed by atoms with van der Waals surface area (Å²) < 4.78 is 4.66. The van der Waals surface area contributed by atoms with Gasteiger partial charge in [-0.15, -0.1) is 18.3 Å². The van der Waals surface area contributed by atoms with E-state index in [1.54, 1.807) is 24.3 Å². The minimum Gasteiger partial charge on any atom is -0.465 e. The maximum atomic E-state index is 11.4. The van der Waals surface area contributed by atoms with Crippen molar-refractivity contribution < 1.29 is 14.3 Å². The number of esters is 1. The molecule has 0 aliphatic heterocycles. The van der Waals surface area contributed by atoms with Gasteiger partial charge in [-0.3, -0.25) is 4.79 Å². The maximum Gasteiger partial charge on any atom is 0.337 e. The van der Waals surface area contributed by atoms with Crippen molar-refractivity contribution in [2.75, 3.05) is 19.4 Å². The van der Waals surface area contributed by atoms with Gasteiger partial charge in [0.2, 0.25) is 5.91 Å². The molecule has 0 aliphatic carbocycles. The van der Waals surface area contributed by atoms with E-state index >= 15 is 0 Å². The molecule has 1 amide bonds. The van der Waals surface area contributed by atoms with Crippen LogP contribution < -0.4 is 5.32 Å². The molecule has 0 heterocycles. The second-order valence-corrected chi connectivity index (χ2v) is 4.76. The molecule has 102 valence electrons. The lowest BCUT2D eigenvalue weighted by molar-refractivity contribution is -0.118. The van der Waals surface area contributed by atoms with Crippen molar-refractivity contribution in [3.05, 3.63) is 48.0 Å².